The van der Waals surface area contributed by atoms with E-state index in [4.69, 9.17) is 12.2 Å². The molecule has 0 fully saturated rings. The second kappa shape index (κ2) is 20.8. The van der Waals surface area contributed by atoms with E-state index in [-0.39, 0.29) is 17.1 Å². The van der Waals surface area contributed by atoms with E-state index >= 15 is 0 Å². The summed E-state index contributed by atoms with van der Waals surface area (Å²) in [6.07, 6.45) is 16.3. The zero-order chi connectivity index (χ0) is 14.9. The summed E-state index contributed by atoms with van der Waals surface area (Å²) in [5, 5.41) is 3.38. The molecule has 0 saturated heterocycles. The maximum Gasteiger partial charge on any atom is 0.133 e. The summed E-state index contributed by atoms with van der Waals surface area (Å²) in [7, 11) is 0. The topological polar surface area (TPSA) is 12.0 Å². The Morgan fingerprint density at radius 2 is 1.24 bits per heavy atom. The number of rotatable bonds is 14. The Morgan fingerprint density at radius 3 is 1.81 bits per heavy atom. The van der Waals surface area contributed by atoms with Gasteiger partial charge in [-0.2, -0.15) is 0 Å². The average molecular weight is 373 g/mol. The fourth-order valence-electron chi connectivity index (χ4n) is 2.19. The maximum atomic E-state index is 5.35. The third-order valence-corrected chi connectivity index (χ3v) is 4.93. The van der Waals surface area contributed by atoms with E-state index in [9.17, 15) is 0 Å². The minimum absolute atomic E-state index is 0. The molecule has 0 atom stereocenters. The molecule has 0 amide bonds. The van der Waals surface area contributed by atoms with Crippen molar-refractivity contribution < 1.29 is 17.1 Å². The van der Waals surface area contributed by atoms with Crippen molar-refractivity contribution in [1.29, 1.82) is 0 Å². The summed E-state index contributed by atoms with van der Waals surface area (Å²) in [6, 6.07) is 0. The zero-order valence-corrected chi connectivity index (χ0v) is 16.8. The molecule has 0 aliphatic carbocycles. The molecule has 0 saturated carbocycles. The molecule has 0 spiro atoms. The van der Waals surface area contributed by atoms with Crippen molar-refractivity contribution in [3.05, 3.63) is 0 Å². The van der Waals surface area contributed by atoms with Crippen LogP contribution in [-0.4, -0.2) is 16.6 Å². The molecule has 1 nitrogen and oxygen atoms in total. The van der Waals surface area contributed by atoms with Crippen LogP contribution >= 0.6 is 24.0 Å². The van der Waals surface area contributed by atoms with Crippen LogP contribution in [-0.2, 0) is 17.1 Å². The number of hydrogen-bond donors (Lipinski definition) is 1. The number of hydrogen-bond acceptors (Lipinski definition) is 2. The van der Waals surface area contributed by atoms with Gasteiger partial charge in [-0.1, -0.05) is 102 Å². The van der Waals surface area contributed by atoms with Gasteiger partial charge in [0.25, 0.3) is 0 Å². The summed E-state index contributed by atoms with van der Waals surface area (Å²) in [6.45, 7) is 5.60. The molecule has 0 aromatic rings. The summed E-state index contributed by atoms with van der Waals surface area (Å²) in [5.74, 6) is 1.19. The van der Waals surface area contributed by atoms with Crippen LogP contribution in [0, 0.1) is 0 Å². The van der Waals surface area contributed by atoms with Crippen LogP contribution in [0.2, 0.25) is 0 Å². The number of unbranched alkanes of at least 4 members (excludes halogenated alkanes) is 10. The molecule has 0 aromatic carbocycles. The predicted octanol–water partition coefficient (Wildman–Crippen LogP) is 6.31. The van der Waals surface area contributed by atoms with Crippen molar-refractivity contribution in [1.82, 2.24) is 5.32 Å². The molecule has 4 heteroatoms. The van der Waals surface area contributed by atoms with E-state index in [1.165, 1.54) is 82.8 Å². The van der Waals surface area contributed by atoms with Gasteiger partial charge in [0.1, 0.15) is 4.32 Å². The van der Waals surface area contributed by atoms with E-state index in [0.29, 0.717) is 0 Å². The SMILES string of the molecule is CCCCCCCCNC(=S)SCCCCCCCC.[Fe]. The van der Waals surface area contributed by atoms with Crippen LogP contribution in [0.1, 0.15) is 90.9 Å². The Labute approximate surface area is 153 Å². The molecular weight excluding hydrogens is 338 g/mol. The predicted molar refractivity (Wildman–Crippen MR) is 99.8 cm³/mol. The Morgan fingerprint density at radius 1 is 0.762 bits per heavy atom. The molecule has 0 rings (SSSR count). The summed E-state index contributed by atoms with van der Waals surface area (Å²) >= 11 is 7.18. The Hall–Kier alpha value is 0.759. The van der Waals surface area contributed by atoms with Gasteiger partial charge >= 0.3 is 0 Å². The summed E-state index contributed by atoms with van der Waals surface area (Å²) in [5.41, 5.74) is 0. The van der Waals surface area contributed by atoms with E-state index in [0.717, 1.165) is 10.9 Å². The van der Waals surface area contributed by atoms with E-state index in [2.05, 4.69) is 19.2 Å². The maximum absolute atomic E-state index is 5.35. The van der Waals surface area contributed by atoms with Gasteiger partial charge in [0.05, 0.1) is 0 Å². The standard InChI is InChI=1S/C17H35NS2.Fe/c1-3-5-7-9-11-13-15-18-17(19)20-16-14-12-10-8-6-4-2;/h3-16H2,1-2H3,(H,18,19);. The van der Waals surface area contributed by atoms with Crippen LogP contribution in [0.15, 0.2) is 0 Å². The number of thiocarbonyl (C=S) groups is 1. The number of nitrogens with one attached hydrogen (secondary N) is 1. The molecule has 0 bridgehead atoms. The Balaban J connectivity index is 0. The zero-order valence-electron chi connectivity index (χ0n) is 14.1. The fourth-order valence-corrected chi connectivity index (χ4v) is 3.28. The van der Waals surface area contributed by atoms with Gasteiger partial charge < -0.3 is 5.32 Å². The van der Waals surface area contributed by atoms with Gasteiger partial charge in [-0.3, -0.25) is 0 Å². The van der Waals surface area contributed by atoms with Crippen molar-refractivity contribution in [2.45, 2.75) is 90.9 Å². The molecule has 128 valence electrons. The quantitative estimate of drug-likeness (QED) is 0.218. The molecular formula is C17H35FeNS2. The molecule has 0 unspecified atom stereocenters. The van der Waals surface area contributed by atoms with E-state index < -0.39 is 0 Å². The van der Waals surface area contributed by atoms with E-state index in [1.807, 2.05) is 11.8 Å². The van der Waals surface area contributed by atoms with Crippen molar-refractivity contribution in [2.24, 2.45) is 0 Å². The minimum Gasteiger partial charge on any atom is -0.371 e. The second-order valence-corrected chi connectivity index (χ2v) is 7.37. The van der Waals surface area contributed by atoms with E-state index in [1.54, 1.807) is 0 Å². The monoisotopic (exact) mass is 373 g/mol. The normalized spacial score (nSPS) is 10.2. The third-order valence-electron chi connectivity index (χ3n) is 3.53. The molecule has 0 radical (unpaired) electrons. The van der Waals surface area contributed by atoms with Crippen LogP contribution < -0.4 is 5.32 Å². The van der Waals surface area contributed by atoms with Gasteiger partial charge in [0.15, 0.2) is 0 Å². The van der Waals surface area contributed by atoms with Gasteiger partial charge in [-0.25, -0.2) is 0 Å². The second-order valence-electron chi connectivity index (χ2n) is 5.60. The van der Waals surface area contributed by atoms with Gasteiger partial charge in [-0.05, 0) is 12.8 Å². The van der Waals surface area contributed by atoms with Gasteiger partial charge in [-0.15, -0.1) is 0 Å². The minimum atomic E-state index is 0. The van der Waals surface area contributed by atoms with Gasteiger partial charge in [0.2, 0.25) is 0 Å². The number of thioether (sulfide) groups is 1. The summed E-state index contributed by atoms with van der Waals surface area (Å²) in [4.78, 5) is 0. The van der Waals surface area contributed by atoms with Gasteiger partial charge in [0, 0.05) is 29.4 Å². The molecule has 21 heavy (non-hydrogen) atoms. The smallest absolute Gasteiger partial charge is 0.133 e. The molecule has 0 heterocycles. The fraction of sp³-hybridized carbons (Fsp3) is 0.941. The van der Waals surface area contributed by atoms with Crippen LogP contribution in [0.4, 0.5) is 0 Å². The average Bonchev–Trinajstić information content (AvgIpc) is 2.45. The van der Waals surface area contributed by atoms with Crippen LogP contribution in [0.5, 0.6) is 0 Å². The first-order chi connectivity index (χ1) is 9.81. The molecule has 0 aliphatic rings. The van der Waals surface area contributed by atoms with Crippen molar-refractivity contribution in [3.8, 4) is 0 Å². The van der Waals surface area contributed by atoms with Crippen molar-refractivity contribution >= 4 is 28.3 Å². The van der Waals surface area contributed by atoms with Crippen molar-refractivity contribution in [3.63, 3.8) is 0 Å². The largest absolute Gasteiger partial charge is 0.371 e. The third kappa shape index (κ3) is 20.8. The van der Waals surface area contributed by atoms with Crippen LogP contribution in [0.25, 0.3) is 0 Å². The molecule has 0 aliphatic heterocycles. The Kier molecular flexibility index (Phi) is 23.7. The first-order valence-corrected chi connectivity index (χ1v) is 10.1. The first-order valence-electron chi connectivity index (χ1n) is 8.71. The molecule has 0 aromatic heterocycles. The molecule has 1 N–H and O–H groups in total. The van der Waals surface area contributed by atoms with Crippen LogP contribution in [0.3, 0.4) is 0 Å². The summed E-state index contributed by atoms with van der Waals surface area (Å²) < 4.78 is 1.01. The first kappa shape index (κ1) is 24.0. The Bertz CT molecular complexity index is 193. The van der Waals surface area contributed by atoms with Crippen molar-refractivity contribution in [2.75, 3.05) is 12.3 Å².